The maximum absolute atomic E-state index is 12.2. The van der Waals surface area contributed by atoms with Crippen molar-refractivity contribution in [3.05, 3.63) is 48.5 Å². The summed E-state index contributed by atoms with van der Waals surface area (Å²) >= 11 is 0. The van der Waals surface area contributed by atoms with Crippen LogP contribution in [0.2, 0.25) is 0 Å². The minimum atomic E-state index is -3.50. The maximum atomic E-state index is 12.2. The molecule has 0 spiro atoms. The molecule has 12 heteroatoms. The van der Waals surface area contributed by atoms with E-state index in [1.54, 1.807) is 43.3 Å². The molecule has 1 unspecified atom stereocenters. The van der Waals surface area contributed by atoms with Crippen molar-refractivity contribution in [3.8, 4) is 11.5 Å². The molecule has 0 heterocycles. The van der Waals surface area contributed by atoms with Crippen molar-refractivity contribution in [2.45, 2.75) is 17.9 Å². The molecule has 2 rings (SSSR count). The number of hydrogen-bond donors (Lipinski definition) is 1. The highest BCUT2D eigenvalue weighted by molar-refractivity contribution is 7.92. The Labute approximate surface area is 195 Å². The van der Waals surface area contributed by atoms with Crippen LogP contribution in [0.4, 0.5) is 5.69 Å². The summed E-state index contributed by atoms with van der Waals surface area (Å²) < 4.78 is 60.7. The Morgan fingerprint density at radius 3 is 2.00 bits per heavy atom. The number of hydrogen-bond acceptors (Lipinski definition) is 7. The highest BCUT2D eigenvalue weighted by Crippen LogP contribution is 2.21. The fraction of sp³-hybridized carbons (Fsp3) is 0.381. The highest BCUT2D eigenvalue weighted by Gasteiger charge is 2.17. The number of carbonyl (C=O) groups excluding carboxylic acids is 1. The first-order valence-corrected chi connectivity index (χ1v) is 13.2. The number of nitrogens with one attached hydrogen (secondary N) is 1. The lowest BCUT2D eigenvalue weighted by Gasteiger charge is -2.18. The van der Waals surface area contributed by atoms with Gasteiger partial charge in [0.1, 0.15) is 18.1 Å². The van der Waals surface area contributed by atoms with Crippen molar-refractivity contribution >= 4 is 31.6 Å². The number of sulfonamides is 2. The van der Waals surface area contributed by atoms with Gasteiger partial charge in [0.25, 0.3) is 5.91 Å². The highest BCUT2D eigenvalue weighted by atomic mass is 32.2. The largest absolute Gasteiger partial charge is 0.492 e. The van der Waals surface area contributed by atoms with Crippen LogP contribution in [0, 0.1) is 0 Å². The molecule has 1 N–H and O–H groups in total. The van der Waals surface area contributed by atoms with Crippen LogP contribution in [-0.4, -0.2) is 73.7 Å². The summed E-state index contributed by atoms with van der Waals surface area (Å²) in [6.07, 6.45) is 0.331. The molecular weight excluding hydrogens is 470 g/mol. The Hall–Kier alpha value is -2.83. The summed E-state index contributed by atoms with van der Waals surface area (Å²) in [5.41, 5.74) is 0.478. The average molecular weight is 500 g/mol. The SMILES string of the molecule is CC(Oc1ccc(N(C)S(C)(=O)=O)cc1)C(=O)NCCOc1ccc(S(=O)(=O)N(C)C)cc1. The van der Waals surface area contributed by atoms with Crippen LogP contribution in [0.25, 0.3) is 0 Å². The molecule has 0 aromatic heterocycles. The van der Waals surface area contributed by atoms with Gasteiger partial charge in [0.05, 0.1) is 23.4 Å². The third-order valence-corrected chi connectivity index (χ3v) is 7.69. The topological polar surface area (TPSA) is 122 Å². The van der Waals surface area contributed by atoms with Crippen molar-refractivity contribution in [1.29, 1.82) is 0 Å². The van der Waals surface area contributed by atoms with Gasteiger partial charge in [-0.3, -0.25) is 9.10 Å². The van der Waals surface area contributed by atoms with Crippen LogP contribution in [-0.2, 0) is 24.8 Å². The van der Waals surface area contributed by atoms with Crippen molar-refractivity contribution in [2.24, 2.45) is 0 Å². The molecule has 0 aliphatic heterocycles. The maximum Gasteiger partial charge on any atom is 0.260 e. The summed E-state index contributed by atoms with van der Waals surface area (Å²) in [7, 11) is -2.50. The molecular formula is C21H29N3O7S2. The molecule has 10 nitrogen and oxygen atoms in total. The molecule has 0 saturated carbocycles. The zero-order chi connectivity index (χ0) is 24.8. The third-order valence-electron chi connectivity index (χ3n) is 4.65. The Bertz CT molecular complexity index is 1150. The van der Waals surface area contributed by atoms with Gasteiger partial charge < -0.3 is 14.8 Å². The molecule has 0 bridgehead atoms. The normalized spacial score (nSPS) is 12.8. The van der Waals surface area contributed by atoms with E-state index in [-0.39, 0.29) is 24.0 Å². The quantitative estimate of drug-likeness (QED) is 0.462. The van der Waals surface area contributed by atoms with E-state index in [9.17, 15) is 21.6 Å². The van der Waals surface area contributed by atoms with E-state index in [2.05, 4.69) is 5.32 Å². The second-order valence-corrected chi connectivity index (χ2v) is 11.5. The summed E-state index contributed by atoms with van der Waals surface area (Å²) in [5.74, 6) is 0.557. The Kier molecular flexibility index (Phi) is 8.69. The minimum absolute atomic E-state index is 0.162. The van der Waals surface area contributed by atoms with E-state index < -0.39 is 26.2 Å². The van der Waals surface area contributed by atoms with E-state index >= 15 is 0 Å². The number of rotatable bonds is 11. The van der Waals surface area contributed by atoms with Crippen molar-refractivity contribution in [2.75, 3.05) is 44.9 Å². The fourth-order valence-electron chi connectivity index (χ4n) is 2.59. The number of nitrogens with zero attached hydrogens (tertiary/aromatic N) is 2. The summed E-state index contributed by atoms with van der Waals surface area (Å²) in [6, 6.07) is 12.4. The monoisotopic (exact) mass is 499 g/mol. The van der Waals surface area contributed by atoms with Crippen LogP contribution in [0.15, 0.2) is 53.4 Å². The molecule has 0 aliphatic rings. The number of ether oxygens (including phenoxy) is 2. The van der Waals surface area contributed by atoms with Crippen molar-refractivity contribution in [3.63, 3.8) is 0 Å². The van der Waals surface area contributed by atoms with Crippen LogP contribution in [0.5, 0.6) is 11.5 Å². The number of amides is 1. The van der Waals surface area contributed by atoms with Gasteiger partial charge in [-0.1, -0.05) is 0 Å². The van der Waals surface area contributed by atoms with Crippen molar-refractivity contribution < 1.29 is 31.1 Å². The van der Waals surface area contributed by atoms with Gasteiger partial charge in [-0.2, -0.15) is 0 Å². The van der Waals surface area contributed by atoms with Gasteiger partial charge in [-0.25, -0.2) is 21.1 Å². The second-order valence-electron chi connectivity index (χ2n) is 7.38. The van der Waals surface area contributed by atoms with E-state index in [0.29, 0.717) is 17.2 Å². The van der Waals surface area contributed by atoms with Gasteiger partial charge >= 0.3 is 0 Å². The Balaban J connectivity index is 1.79. The van der Waals surface area contributed by atoms with Gasteiger partial charge in [0, 0.05) is 21.1 Å². The smallest absolute Gasteiger partial charge is 0.260 e. The zero-order valence-electron chi connectivity index (χ0n) is 19.2. The Morgan fingerprint density at radius 1 is 0.939 bits per heavy atom. The van der Waals surface area contributed by atoms with E-state index in [1.165, 1.54) is 33.3 Å². The second kappa shape index (κ2) is 10.9. The summed E-state index contributed by atoms with van der Waals surface area (Å²) in [4.78, 5) is 12.4. The minimum Gasteiger partial charge on any atom is -0.492 e. The molecule has 0 saturated heterocycles. The molecule has 1 atom stereocenters. The average Bonchev–Trinajstić information content (AvgIpc) is 2.76. The first-order valence-electron chi connectivity index (χ1n) is 9.96. The molecule has 0 radical (unpaired) electrons. The number of anilines is 1. The molecule has 2 aromatic carbocycles. The molecule has 0 aliphatic carbocycles. The third kappa shape index (κ3) is 7.34. The van der Waals surface area contributed by atoms with Crippen LogP contribution < -0.4 is 19.1 Å². The lowest BCUT2D eigenvalue weighted by molar-refractivity contribution is -0.127. The molecule has 2 aromatic rings. The van der Waals surface area contributed by atoms with Gasteiger partial charge in [-0.15, -0.1) is 0 Å². The van der Waals surface area contributed by atoms with E-state index in [0.717, 1.165) is 14.9 Å². The van der Waals surface area contributed by atoms with E-state index in [4.69, 9.17) is 9.47 Å². The predicted octanol–water partition coefficient (Wildman–Crippen LogP) is 1.30. The van der Waals surface area contributed by atoms with Crippen LogP contribution >= 0.6 is 0 Å². The zero-order valence-corrected chi connectivity index (χ0v) is 20.8. The number of carbonyl (C=O) groups is 1. The first-order chi connectivity index (χ1) is 15.3. The molecule has 1 amide bonds. The molecule has 182 valence electrons. The lowest BCUT2D eigenvalue weighted by atomic mass is 10.3. The predicted molar refractivity (Wildman–Crippen MR) is 126 cm³/mol. The van der Waals surface area contributed by atoms with Gasteiger partial charge in [-0.05, 0) is 55.5 Å². The Morgan fingerprint density at radius 2 is 1.48 bits per heavy atom. The van der Waals surface area contributed by atoms with Crippen molar-refractivity contribution in [1.82, 2.24) is 9.62 Å². The molecule has 33 heavy (non-hydrogen) atoms. The fourth-order valence-corrected chi connectivity index (χ4v) is 4.00. The first kappa shape index (κ1) is 26.4. The van der Waals surface area contributed by atoms with Gasteiger partial charge in [0.2, 0.25) is 20.0 Å². The number of benzene rings is 2. The molecule has 0 fully saturated rings. The van der Waals surface area contributed by atoms with Crippen LogP contribution in [0.1, 0.15) is 6.92 Å². The van der Waals surface area contributed by atoms with E-state index in [1.807, 2.05) is 0 Å². The standard InChI is InChI=1S/C21H29N3O7S2/c1-16(31-19-8-6-17(7-9-19)24(4)32(5,26)27)21(25)22-14-15-30-18-10-12-20(13-11-18)33(28,29)23(2)3/h6-13,16H,14-15H2,1-5H3,(H,22,25). The lowest BCUT2D eigenvalue weighted by Crippen LogP contribution is -2.38. The van der Waals surface area contributed by atoms with Crippen LogP contribution in [0.3, 0.4) is 0 Å². The van der Waals surface area contributed by atoms with Gasteiger partial charge in [0.15, 0.2) is 6.10 Å². The summed E-state index contributed by atoms with van der Waals surface area (Å²) in [6.45, 7) is 2.00. The summed E-state index contributed by atoms with van der Waals surface area (Å²) in [5, 5.41) is 2.69.